The van der Waals surface area contributed by atoms with Crippen molar-refractivity contribution in [2.45, 2.75) is 27.7 Å². The molecule has 0 saturated carbocycles. The van der Waals surface area contributed by atoms with Gasteiger partial charge in [-0.3, -0.25) is 0 Å². The summed E-state index contributed by atoms with van der Waals surface area (Å²) >= 11 is -1.54. The number of hydrogen-bond acceptors (Lipinski definition) is 1. The standard InChI is InChI=1S/2C6H9.CHO.Ru/c2*1-4-5-6(2)3;1-2;/h2*2,4-5H,1,3H3;1H;. The minimum absolute atomic E-state index is 1.10. The van der Waals surface area contributed by atoms with Crippen LogP contribution in [0.2, 0.25) is 0 Å². The Balaban J connectivity index is 4.71. The van der Waals surface area contributed by atoms with Gasteiger partial charge in [-0.25, -0.2) is 0 Å². The summed E-state index contributed by atoms with van der Waals surface area (Å²) < 4.78 is 4.20. The summed E-state index contributed by atoms with van der Waals surface area (Å²) in [5.74, 6) is 0. The molecule has 0 aliphatic rings. The number of rotatable bonds is 5. The van der Waals surface area contributed by atoms with E-state index >= 15 is 0 Å². The third-order valence-corrected chi connectivity index (χ3v) is 4.73. The van der Waals surface area contributed by atoms with Crippen molar-refractivity contribution in [1.29, 1.82) is 0 Å². The first-order chi connectivity index (χ1) is 7.13. The van der Waals surface area contributed by atoms with E-state index in [0.717, 1.165) is 4.88 Å². The molecule has 0 atom stereocenters. The molecule has 0 saturated heterocycles. The zero-order chi connectivity index (χ0) is 11.7. The summed E-state index contributed by atoms with van der Waals surface area (Å²) in [6, 6.07) is 0. The van der Waals surface area contributed by atoms with Gasteiger partial charge in [-0.2, -0.15) is 0 Å². The number of carbonyl (C=O) groups excluding carboxylic acids is 1. The van der Waals surface area contributed by atoms with Crippen LogP contribution in [-0.4, -0.2) is 4.88 Å². The Morgan fingerprint density at radius 3 is 1.60 bits per heavy atom. The molecule has 0 aliphatic carbocycles. The molecule has 0 aromatic rings. The van der Waals surface area contributed by atoms with Crippen molar-refractivity contribution in [3.8, 4) is 0 Å². The van der Waals surface area contributed by atoms with Crippen molar-refractivity contribution in [3.63, 3.8) is 0 Å². The minimum atomic E-state index is -1.54. The molecule has 0 heterocycles. The Morgan fingerprint density at radius 1 is 0.933 bits per heavy atom. The molecule has 0 aromatic heterocycles. The monoisotopic (exact) mass is 293 g/mol. The average molecular weight is 292 g/mol. The van der Waals surface area contributed by atoms with Crippen LogP contribution >= 0.6 is 0 Å². The second kappa shape index (κ2) is 8.55. The summed E-state index contributed by atoms with van der Waals surface area (Å²) in [6.07, 6.45) is 8.05. The summed E-state index contributed by atoms with van der Waals surface area (Å²) in [4.78, 5) is 12.0. The maximum absolute atomic E-state index is 10.9. The first kappa shape index (κ1) is 14.3. The molecule has 0 fully saturated rings. The summed E-state index contributed by atoms with van der Waals surface area (Å²) in [6.45, 7) is 8.03. The van der Waals surface area contributed by atoms with E-state index in [1.807, 2.05) is 52.0 Å². The summed E-state index contributed by atoms with van der Waals surface area (Å²) in [7, 11) is 0. The quantitative estimate of drug-likeness (QED) is 0.428. The first-order valence-corrected chi connectivity index (χ1v) is 7.83. The second-order valence-corrected chi connectivity index (χ2v) is 6.28. The van der Waals surface area contributed by atoms with Gasteiger partial charge in [0.1, 0.15) is 0 Å². The molecule has 85 valence electrons. The molecular weight excluding hydrogens is 273 g/mol. The molecule has 0 amide bonds. The van der Waals surface area contributed by atoms with Gasteiger partial charge in [-0.05, 0) is 0 Å². The predicted octanol–water partition coefficient (Wildman–Crippen LogP) is 3.75. The molecule has 0 spiro atoms. The van der Waals surface area contributed by atoms with Gasteiger partial charge in [0.25, 0.3) is 0 Å². The van der Waals surface area contributed by atoms with Crippen molar-refractivity contribution >= 4 is 4.88 Å². The van der Waals surface area contributed by atoms with Gasteiger partial charge in [0.05, 0.1) is 0 Å². The van der Waals surface area contributed by atoms with Crippen LogP contribution in [-0.2, 0) is 20.7 Å². The van der Waals surface area contributed by atoms with Crippen LogP contribution in [0, 0.1) is 0 Å². The topological polar surface area (TPSA) is 17.1 Å². The van der Waals surface area contributed by atoms with Gasteiger partial charge in [-0.15, -0.1) is 0 Å². The van der Waals surface area contributed by atoms with Crippen LogP contribution in [0.5, 0.6) is 0 Å². The van der Waals surface area contributed by atoms with Crippen LogP contribution < -0.4 is 0 Å². The zero-order valence-electron chi connectivity index (χ0n) is 9.80. The second-order valence-electron chi connectivity index (χ2n) is 3.13. The van der Waals surface area contributed by atoms with Gasteiger partial charge < -0.3 is 0 Å². The predicted molar refractivity (Wildman–Crippen MR) is 63.9 cm³/mol. The molecule has 0 rings (SSSR count). The summed E-state index contributed by atoms with van der Waals surface area (Å²) in [5.41, 5.74) is 2.35. The SMILES string of the molecule is CC=CC(C)=[CH][Ru]([CH]=O)[CH]=C(C)C=CC. The van der Waals surface area contributed by atoms with E-state index in [1.54, 1.807) is 0 Å². The van der Waals surface area contributed by atoms with E-state index in [1.165, 1.54) is 11.1 Å². The van der Waals surface area contributed by atoms with Crippen molar-refractivity contribution in [1.82, 2.24) is 0 Å². The van der Waals surface area contributed by atoms with E-state index in [0.29, 0.717) is 0 Å². The molecule has 0 radical (unpaired) electrons. The zero-order valence-corrected chi connectivity index (χ0v) is 11.5. The summed E-state index contributed by atoms with van der Waals surface area (Å²) in [5, 5.41) is 0. The molecule has 0 aliphatic heterocycles. The molecule has 15 heavy (non-hydrogen) atoms. The Morgan fingerprint density at radius 2 is 1.33 bits per heavy atom. The fraction of sp³-hybridized carbons (Fsp3) is 0.308. The van der Waals surface area contributed by atoms with E-state index in [9.17, 15) is 4.79 Å². The van der Waals surface area contributed by atoms with Crippen LogP contribution in [0.1, 0.15) is 27.7 Å². The van der Waals surface area contributed by atoms with Crippen LogP contribution in [0.15, 0.2) is 44.8 Å². The van der Waals surface area contributed by atoms with Crippen LogP contribution in [0.4, 0.5) is 0 Å². The van der Waals surface area contributed by atoms with Gasteiger partial charge in [0.15, 0.2) is 0 Å². The van der Waals surface area contributed by atoms with Gasteiger partial charge in [0, 0.05) is 0 Å². The fourth-order valence-electron chi connectivity index (χ4n) is 1.04. The number of hydrogen-bond donors (Lipinski definition) is 0. The van der Waals surface area contributed by atoms with E-state index < -0.39 is 16.0 Å². The maximum atomic E-state index is 10.9. The van der Waals surface area contributed by atoms with E-state index in [2.05, 4.69) is 9.34 Å². The Labute approximate surface area is 98.2 Å². The Hall–Kier alpha value is -0.747. The molecule has 0 aromatic carbocycles. The molecule has 1 nitrogen and oxygen atoms in total. The van der Waals surface area contributed by atoms with E-state index in [4.69, 9.17) is 0 Å². The third kappa shape index (κ3) is 7.21. The van der Waals surface area contributed by atoms with Crippen molar-refractivity contribution in [2.75, 3.05) is 0 Å². The van der Waals surface area contributed by atoms with E-state index in [-0.39, 0.29) is 0 Å². The molecule has 0 bridgehead atoms. The van der Waals surface area contributed by atoms with Crippen molar-refractivity contribution < 1.29 is 20.7 Å². The van der Waals surface area contributed by atoms with Crippen molar-refractivity contribution in [2.24, 2.45) is 0 Å². The van der Waals surface area contributed by atoms with Crippen LogP contribution in [0.25, 0.3) is 0 Å². The molecule has 2 heteroatoms. The molecular formula is C13H19ORu. The third-order valence-electron chi connectivity index (χ3n) is 1.51. The molecule has 0 N–H and O–H groups in total. The number of carbonyl (C=O) groups is 1. The van der Waals surface area contributed by atoms with Crippen LogP contribution in [0.3, 0.4) is 0 Å². The number of allylic oxidation sites excluding steroid dienone is 6. The van der Waals surface area contributed by atoms with Gasteiger partial charge in [0.2, 0.25) is 0 Å². The van der Waals surface area contributed by atoms with Gasteiger partial charge >= 0.3 is 98.1 Å². The average Bonchev–Trinajstić information content (AvgIpc) is 2.17. The fourth-order valence-corrected chi connectivity index (χ4v) is 3.59. The molecule has 0 unspecified atom stereocenters. The van der Waals surface area contributed by atoms with Crippen molar-refractivity contribution in [3.05, 3.63) is 44.8 Å². The van der Waals surface area contributed by atoms with Gasteiger partial charge in [-0.1, -0.05) is 0 Å². The Kier molecular flexibility index (Phi) is 8.13. The first-order valence-electron chi connectivity index (χ1n) is 4.82. The normalized spacial score (nSPS) is 15.1. The Bertz CT molecular complexity index is 280.